The highest BCUT2D eigenvalue weighted by atomic mass is 35.5. The highest BCUT2D eigenvalue weighted by molar-refractivity contribution is 6.42. The van der Waals surface area contributed by atoms with Crippen LogP contribution in [0.15, 0.2) is 18.2 Å². The summed E-state index contributed by atoms with van der Waals surface area (Å²) in [6.07, 6.45) is 0.910. The zero-order chi connectivity index (χ0) is 10.6. The van der Waals surface area contributed by atoms with Gasteiger partial charge in [0.1, 0.15) is 0 Å². The zero-order valence-electron chi connectivity index (χ0n) is 7.51. The van der Waals surface area contributed by atoms with Gasteiger partial charge >= 0.3 is 0 Å². The minimum absolute atomic E-state index is 0.467. The van der Waals surface area contributed by atoms with Crippen molar-refractivity contribution in [2.45, 2.75) is 18.9 Å². The summed E-state index contributed by atoms with van der Waals surface area (Å²) in [5.74, 6) is 0.554. The van der Waals surface area contributed by atoms with Gasteiger partial charge < -0.3 is 5.11 Å². The van der Waals surface area contributed by atoms with Gasteiger partial charge in [-0.2, -0.15) is 0 Å². The van der Waals surface area contributed by atoms with Crippen molar-refractivity contribution in [3.63, 3.8) is 0 Å². The first kappa shape index (κ1) is 12.1. The SMILES string of the molecule is OC(CCCCl)c1ccc(Cl)c(Cl)c1. The molecule has 0 aliphatic carbocycles. The molecule has 0 radical (unpaired) electrons. The van der Waals surface area contributed by atoms with E-state index >= 15 is 0 Å². The van der Waals surface area contributed by atoms with Crippen LogP contribution in [0.2, 0.25) is 10.0 Å². The topological polar surface area (TPSA) is 20.2 Å². The molecule has 0 aliphatic heterocycles. The van der Waals surface area contributed by atoms with E-state index in [0.29, 0.717) is 22.3 Å². The summed E-state index contributed by atoms with van der Waals surface area (Å²) in [6.45, 7) is 0. The Morgan fingerprint density at radius 3 is 2.50 bits per heavy atom. The summed E-state index contributed by atoms with van der Waals surface area (Å²) in [5.41, 5.74) is 0.782. The Labute approximate surface area is 98.6 Å². The van der Waals surface area contributed by atoms with Gasteiger partial charge in [0.2, 0.25) is 0 Å². The number of hydrogen-bond acceptors (Lipinski definition) is 1. The lowest BCUT2D eigenvalue weighted by atomic mass is 10.1. The number of hydrogen-bond donors (Lipinski definition) is 1. The molecule has 0 heterocycles. The minimum Gasteiger partial charge on any atom is -0.388 e. The van der Waals surface area contributed by atoms with E-state index in [-0.39, 0.29) is 0 Å². The molecule has 0 amide bonds. The molecule has 0 saturated carbocycles. The Kier molecular flexibility index (Phi) is 5.04. The first-order valence-corrected chi connectivity index (χ1v) is 5.63. The first-order valence-electron chi connectivity index (χ1n) is 4.34. The van der Waals surface area contributed by atoms with Crippen LogP contribution in [0.5, 0.6) is 0 Å². The van der Waals surface area contributed by atoms with Gasteiger partial charge in [-0.05, 0) is 30.5 Å². The van der Waals surface area contributed by atoms with E-state index in [0.717, 1.165) is 12.0 Å². The molecule has 78 valence electrons. The third-order valence-corrected chi connectivity index (χ3v) is 2.95. The number of alkyl halides is 1. The van der Waals surface area contributed by atoms with Gasteiger partial charge in [-0.25, -0.2) is 0 Å². The van der Waals surface area contributed by atoms with Crippen molar-refractivity contribution in [2.75, 3.05) is 5.88 Å². The molecule has 0 fully saturated rings. The fourth-order valence-electron chi connectivity index (χ4n) is 1.16. The van der Waals surface area contributed by atoms with Crippen LogP contribution in [0.3, 0.4) is 0 Å². The standard InChI is InChI=1S/C10H11Cl3O/c11-5-1-2-10(14)7-3-4-8(12)9(13)6-7/h3-4,6,10,14H,1-2,5H2. The van der Waals surface area contributed by atoms with Crippen molar-refractivity contribution in [1.82, 2.24) is 0 Å². The lowest BCUT2D eigenvalue weighted by molar-refractivity contribution is 0.167. The molecule has 0 saturated heterocycles. The van der Waals surface area contributed by atoms with E-state index in [1.165, 1.54) is 0 Å². The molecule has 0 bridgehead atoms. The van der Waals surface area contributed by atoms with Gasteiger partial charge in [0, 0.05) is 5.88 Å². The maximum atomic E-state index is 9.71. The molecule has 1 nitrogen and oxygen atoms in total. The molecular formula is C10H11Cl3O. The molecule has 1 rings (SSSR count). The quantitative estimate of drug-likeness (QED) is 0.803. The Bertz CT molecular complexity index is 301. The van der Waals surface area contributed by atoms with E-state index in [1.807, 2.05) is 0 Å². The normalized spacial score (nSPS) is 12.9. The van der Waals surface area contributed by atoms with Crippen LogP contribution >= 0.6 is 34.8 Å². The fraction of sp³-hybridized carbons (Fsp3) is 0.400. The largest absolute Gasteiger partial charge is 0.388 e. The smallest absolute Gasteiger partial charge is 0.0791 e. The summed E-state index contributed by atoms with van der Waals surface area (Å²) >= 11 is 17.1. The Morgan fingerprint density at radius 1 is 1.21 bits per heavy atom. The summed E-state index contributed by atoms with van der Waals surface area (Å²) in [7, 11) is 0. The fourth-order valence-corrected chi connectivity index (χ4v) is 1.62. The van der Waals surface area contributed by atoms with Crippen molar-refractivity contribution in [1.29, 1.82) is 0 Å². The average Bonchev–Trinajstić information content (AvgIpc) is 2.18. The van der Waals surface area contributed by atoms with Crippen LogP contribution in [-0.4, -0.2) is 11.0 Å². The van der Waals surface area contributed by atoms with E-state index in [1.54, 1.807) is 18.2 Å². The summed E-state index contributed by atoms with van der Waals surface area (Å²) in [6, 6.07) is 5.14. The molecular weight excluding hydrogens is 242 g/mol. The summed E-state index contributed by atoms with van der Waals surface area (Å²) in [5, 5.41) is 10.7. The molecule has 1 unspecified atom stereocenters. The maximum absolute atomic E-state index is 9.71. The monoisotopic (exact) mass is 252 g/mol. The molecule has 14 heavy (non-hydrogen) atoms. The second-order valence-corrected chi connectivity index (χ2v) is 4.21. The third-order valence-electron chi connectivity index (χ3n) is 1.94. The van der Waals surface area contributed by atoms with Crippen molar-refractivity contribution >= 4 is 34.8 Å². The highest BCUT2D eigenvalue weighted by Crippen LogP contribution is 2.27. The van der Waals surface area contributed by atoms with Crippen LogP contribution in [0.4, 0.5) is 0 Å². The number of rotatable bonds is 4. The molecule has 1 N–H and O–H groups in total. The van der Waals surface area contributed by atoms with Gasteiger partial charge in [-0.15, -0.1) is 11.6 Å². The lowest BCUT2D eigenvalue weighted by Gasteiger charge is -2.10. The number of aliphatic hydroxyl groups is 1. The predicted molar refractivity (Wildman–Crippen MR) is 61.4 cm³/mol. The van der Waals surface area contributed by atoms with Crippen LogP contribution in [0.25, 0.3) is 0 Å². The second-order valence-electron chi connectivity index (χ2n) is 3.02. The van der Waals surface area contributed by atoms with Crippen LogP contribution in [0.1, 0.15) is 24.5 Å². The van der Waals surface area contributed by atoms with E-state index < -0.39 is 6.10 Å². The van der Waals surface area contributed by atoms with Gasteiger partial charge in [-0.1, -0.05) is 29.3 Å². The molecule has 1 aromatic carbocycles. The van der Waals surface area contributed by atoms with Crippen LogP contribution in [-0.2, 0) is 0 Å². The molecule has 1 aromatic rings. The van der Waals surface area contributed by atoms with E-state index in [2.05, 4.69) is 0 Å². The van der Waals surface area contributed by atoms with Gasteiger partial charge in [-0.3, -0.25) is 0 Å². The molecule has 0 aliphatic rings. The maximum Gasteiger partial charge on any atom is 0.0791 e. The number of benzene rings is 1. The van der Waals surface area contributed by atoms with Crippen LogP contribution < -0.4 is 0 Å². The zero-order valence-corrected chi connectivity index (χ0v) is 9.78. The minimum atomic E-state index is -0.511. The van der Waals surface area contributed by atoms with Gasteiger partial charge in [0.15, 0.2) is 0 Å². The highest BCUT2D eigenvalue weighted by Gasteiger charge is 2.08. The summed E-state index contributed by atoms with van der Waals surface area (Å²) < 4.78 is 0. The summed E-state index contributed by atoms with van der Waals surface area (Å²) in [4.78, 5) is 0. The Hall–Kier alpha value is 0.0500. The second kappa shape index (κ2) is 5.82. The lowest BCUT2D eigenvalue weighted by Crippen LogP contribution is -1.97. The first-order chi connectivity index (χ1) is 6.65. The Balaban J connectivity index is 2.70. The van der Waals surface area contributed by atoms with Crippen molar-refractivity contribution < 1.29 is 5.11 Å². The van der Waals surface area contributed by atoms with Crippen molar-refractivity contribution in [3.05, 3.63) is 33.8 Å². The predicted octanol–water partition coefficient (Wildman–Crippen LogP) is 4.05. The molecule has 0 aromatic heterocycles. The van der Waals surface area contributed by atoms with Crippen LogP contribution in [0, 0.1) is 0 Å². The van der Waals surface area contributed by atoms with Gasteiger partial charge in [0.25, 0.3) is 0 Å². The Morgan fingerprint density at radius 2 is 1.93 bits per heavy atom. The van der Waals surface area contributed by atoms with E-state index in [4.69, 9.17) is 34.8 Å². The third kappa shape index (κ3) is 3.32. The number of aliphatic hydroxyl groups excluding tert-OH is 1. The molecule has 4 heteroatoms. The molecule has 0 spiro atoms. The van der Waals surface area contributed by atoms with Gasteiger partial charge in [0.05, 0.1) is 16.1 Å². The van der Waals surface area contributed by atoms with E-state index in [9.17, 15) is 5.11 Å². The number of halogens is 3. The van der Waals surface area contributed by atoms with Crippen molar-refractivity contribution in [3.8, 4) is 0 Å². The van der Waals surface area contributed by atoms with Crippen molar-refractivity contribution in [2.24, 2.45) is 0 Å². The molecule has 1 atom stereocenters. The average molecular weight is 254 g/mol.